The Bertz CT molecular complexity index is 510. The molecule has 0 saturated carbocycles. The average Bonchev–Trinajstić information content (AvgIpc) is 2.48. The number of halogens is 1. The van der Waals surface area contributed by atoms with Crippen LogP contribution in [0.4, 0.5) is 5.82 Å². The highest BCUT2D eigenvalue weighted by Gasteiger charge is 2.28. The van der Waals surface area contributed by atoms with E-state index in [1.54, 1.807) is 11.0 Å². The van der Waals surface area contributed by atoms with Gasteiger partial charge >= 0.3 is 0 Å². The number of nitrogens with zero attached hydrogens (tertiary/aromatic N) is 2. The maximum atomic E-state index is 12.4. The molecule has 6 heteroatoms. The van der Waals surface area contributed by atoms with Crippen molar-refractivity contribution >= 4 is 23.3 Å². The maximum Gasteiger partial charge on any atom is 0.255 e. The number of β-amino-alcohol motifs (C(OH)–C–C–N with tert-alkyl or cyclic N) is 1. The standard InChI is InChI=1S/C15H22ClN3O2/c1-3-5-17-14-12(16)7-11(8-18-14)15(21)19-6-4-10(2)13(20)9-19/h7-8,10,13,20H,3-6,9H2,1-2H3,(H,17,18). The Labute approximate surface area is 130 Å². The van der Waals surface area contributed by atoms with Gasteiger partial charge in [-0.25, -0.2) is 4.98 Å². The van der Waals surface area contributed by atoms with Gasteiger partial charge in [0.1, 0.15) is 5.82 Å². The van der Waals surface area contributed by atoms with Crippen molar-refractivity contribution < 1.29 is 9.90 Å². The van der Waals surface area contributed by atoms with Crippen LogP contribution in [0.1, 0.15) is 37.0 Å². The van der Waals surface area contributed by atoms with Gasteiger partial charge in [-0.05, 0) is 24.8 Å². The second-order valence-electron chi connectivity index (χ2n) is 5.57. The van der Waals surface area contributed by atoms with Gasteiger partial charge in [-0.1, -0.05) is 25.4 Å². The van der Waals surface area contributed by atoms with Gasteiger partial charge < -0.3 is 15.3 Å². The summed E-state index contributed by atoms with van der Waals surface area (Å²) in [7, 11) is 0. The number of aromatic nitrogens is 1. The zero-order valence-electron chi connectivity index (χ0n) is 12.5. The van der Waals surface area contributed by atoms with E-state index < -0.39 is 6.10 Å². The van der Waals surface area contributed by atoms with Crippen molar-refractivity contribution in [3.63, 3.8) is 0 Å². The predicted molar refractivity (Wildman–Crippen MR) is 83.7 cm³/mol. The van der Waals surface area contributed by atoms with Crippen molar-refractivity contribution in [2.24, 2.45) is 5.92 Å². The Balaban J connectivity index is 2.07. The van der Waals surface area contributed by atoms with E-state index in [1.165, 1.54) is 6.20 Å². The van der Waals surface area contributed by atoms with E-state index in [1.807, 2.05) is 6.92 Å². The van der Waals surface area contributed by atoms with Crippen molar-refractivity contribution in [3.05, 3.63) is 22.8 Å². The maximum absolute atomic E-state index is 12.4. The lowest BCUT2D eigenvalue weighted by molar-refractivity contribution is 0.0248. The first-order chi connectivity index (χ1) is 10.0. The number of hydrogen-bond donors (Lipinski definition) is 2. The highest BCUT2D eigenvalue weighted by Crippen LogP contribution is 2.23. The second-order valence-corrected chi connectivity index (χ2v) is 5.97. The average molecular weight is 312 g/mol. The lowest BCUT2D eigenvalue weighted by atomic mass is 9.95. The molecule has 2 N–H and O–H groups in total. The molecule has 1 aliphatic rings. The number of hydrogen-bond acceptors (Lipinski definition) is 4. The number of carbonyl (C=O) groups is 1. The topological polar surface area (TPSA) is 65.5 Å². The summed E-state index contributed by atoms with van der Waals surface area (Å²) in [5.41, 5.74) is 0.462. The van der Waals surface area contributed by atoms with Crippen LogP contribution in [0.15, 0.2) is 12.3 Å². The van der Waals surface area contributed by atoms with Gasteiger partial charge in [0.15, 0.2) is 0 Å². The third-order valence-corrected chi connectivity index (χ3v) is 4.12. The summed E-state index contributed by atoms with van der Waals surface area (Å²) in [6, 6.07) is 1.64. The zero-order chi connectivity index (χ0) is 15.4. The molecule has 0 spiro atoms. The van der Waals surface area contributed by atoms with Gasteiger partial charge in [0.2, 0.25) is 0 Å². The van der Waals surface area contributed by atoms with E-state index >= 15 is 0 Å². The number of anilines is 1. The molecule has 0 aromatic carbocycles. The van der Waals surface area contributed by atoms with E-state index in [0.29, 0.717) is 29.5 Å². The monoisotopic (exact) mass is 311 g/mol. The Morgan fingerprint density at radius 1 is 1.62 bits per heavy atom. The molecular formula is C15H22ClN3O2. The summed E-state index contributed by atoms with van der Waals surface area (Å²) < 4.78 is 0. The molecule has 1 aliphatic heterocycles. The largest absolute Gasteiger partial charge is 0.391 e. The fraction of sp³-hybridized carbons (Fsp3) is 0.600. The number of aliphatic hydroxyl groups excluding tert-OH is 1. The van der Waals surface area contributed by atoms with Crippen molar-refractivity contribution in [3.8, 4) is 0 Å². The molecule has 1 aromatic rings. The van der Waals surface area contributed by atoms with Gasteiger partial charge in [-0.15, -0.1) is 0 Å². The molecule has 0 aliphatic carbocycles. The number of carbonyl (C=O) groups excluding carboxylic acids is 1. The molecule has 2 rings (SSSR count). The summed E-state index contributed by atoms with van der Waals surface area (Å²) in [6.07, 6.45) is 2.86. The quantitative estimate of drug-likeness (QED) is 0.896. The van der Waals surface area contributed by atoms with E-state index in [0.717, 1.165) is 19.4 Å². The minimum absolute atomic E-state index is 0.127. The van der Waals surface area contributed by atoms with Gasteiger partial charge in [0.25, 0.3) is 5.91 Å². The van der Waals surface area contributed by atoms with Gasteiger partial charge in [-0.2, -0.15) is 0 Å². The second kappa shape index (κ2) is 7.09. The molecular weight excluding hydrogens is 290 g/mol. The molecule has 1 aromatic heterocycles. The summed E-state index contributed by atoms with van der Waals surface area (Å²) >= 11 is 6.15. The zero-order valence-corrected chi connectivity index (χ0v) is 13.2. The van der Waals surface area contributed by atoms with Crippen LogP contribution in [0.2, 0.25) is 5.02 Å². The Morgan fingerprint density at radius 3 is 3.00 bits per heavy atom. The highest BCUT2D eigenvalue weighted by molar-refractivity contribution is 6.33. The molecule has 0 bridgehead atoms. The lowest BCUT2D eigenvalue weighted by Gasteiger charge is -2.34. The summed E-state index contributed by atoms with van der Waals surface area (Å²) in [4.78, 5) is 18.3. The normalized spacial score (nSPS) is 22.2. The number of rotatable bonds is 4. The molecule has 116 valence electrons. The van der Waals surface area contributed by atoms with Crippen LogP contribution in [-0.2, 0) is 0 Å². The number of nitrogens with one attached hydrogen (secondary N) is 1. The first-order valence-corrected chi connectivity index (χ1v) is 7.77. The van der Waals surface area contributed by atoms with Crippen molar-refractivity contribution in [1.29, 1.82) is 0 Å². The van der Waals surface area contributed by atoms with E-state index in [2.05, 4.69) is 17.2 Å². The Morgan fingerprint density at radius 2 is 2.38 bits per heavy atom. The first kappa shape index (κ1) is 16.0. The number of pyridine rings is 1. The smallest absolute Gasteiger partial charge is 0.255 e. The fourth-order valence-electron chi connectivity index (χ4n) is 2.34. The van der Waals surface area contributed by atoms with Crippen LogP contribution in [0.5, 0.6) is 0 Å². The molecule has 1 amide bonds. The minimum Gasteiger partial charge on any atom is -0.391 e. The summed E-state index contributed by atoms with van der Waals surface area (Å²) in [6.45, 7) is 5.87. The Kier molecular flexibility index (Phi) is 5.42. The molecule has 2 atom stereocenters. The molecule has 5 nitrogen and oxygen atoms in total. The minimum atomic E-state index is -0.461. The summed E-state index contributed by atoms with van der Waals surface area (Å²) in [5, 5.41) is 13.5. The molecule has 2 heterocycles. The van der Waals surface area contributed by atoms with Crippen LogP contribution >= 0.6 is 11.6 Å². The number of amides is 1. The van der Waals surface area contributed by atoms with Crippen LogP contribution in [0, 0.1) is 5.92 Å². The molecule has 1 fully saturated rings. The number of aliphatic hydroxyl groups is 1. The number of piperidine rings is 1. The molecule has 21 heavy (non-hydrogen) atoms. The summed E-state index contributed by atoms with van der Waals surface area (Å²) in [5.74, 6) is 0.705. The van der Waals surface area contributed by atoms with E-state index in [9.17, 15) is 9.90 Å². The fourth-order valence-corrected chi connectivity index (χ4v) is 2.58. The van der Waals surface area contributed by atoms with Crippen LogP contribution in [0.3, 0.4) is 0 Å². The van der Waals surface area contributed by atoms with Crippen LogP contribution in [0.25, 0.3) is 0 Å². The highest BCUT2D eigenvalue weighted by atomic mass is 35.5. The van der Waals surface area contributed by atoms with Crippen LogP contribution in [-0.4, -0.2) is 46.6 Å². The third kappa shape index (κ3) is 3.86. The third-order valence-electron chi connectivity index (χ3n) is 3.84. The van der Waals surface area contributed by atoms with Crippen molar-refractivity contribution in [2.45, 2.75) is 32.8 Å². The van der Waals surface area contributed by atoms with Gasteiger partial charge in [0, 0.05) is 25.8 Å². The first-order valence-electron chi connectivity index (χ1n) is 7.39. The number of likely N-dealkylation sites (tertiary alicyclic amines) is 1. The molecule has 2 unspecified atom stereocenters. The molecule has 0 radical (unpaired) electrons. The van der Waals surface area contributed by atoms with E-state index in [4.69, 9.17) is 11.6 Å². The predicted octanol–water partition coefficient (Wildman–Crippen LogP) is 2.40. The molecule has 1 saturated heterocycles. The van der Waals surface area contributed by atoms with E-state index in [-0.39, 0.29) is 11.8 Å². The van der Waals surface area contributed by atoms with Gasteiger partial charge in [-0.3, -0.25) is 4.79 Å². The lowest BCUT2D eigenvalue weighted by Crippen LogP contribution is -2.45. The Hall–Kier alpha value is -1.33. The van der Waals surface area contributed by atoms with Crippen molar-refractivity contribution in [2.75, 3.05) is 25.0 Å². The van der Waals surface area contributed by atoms with Crippen molar-refractivity contribution in [1.82, 2.24) is 9.88 Å². The SMILES string of the molecule is CCCNc1ncc(C(=O)N2CCC(C)C(O)C2)cc1Cl. The van der Waals surface area contributed by atoms with Crippen LogP contribution < -0.4 is 5.32 Å². The van der Waals surface area contributed by atoms with Gasteiger partial charge in [0.05, 0.1) is 16.7 Å².